The van der Waals surface area contributed by atoms with Crippen molar-refractivity contribution in [2.24, 2.45) is 5.92 Å². The number of hydrogen-bond donors (Lipinski definition) is 1. The molecule has 120 valence electrons. The molecule has 1 aromatic rings. The fraction of sp³-hybridized carbons (Fsp3) is 0.500. The van der Waals surface area contributed by atoms with Crippen molar-refractivity contribution in [3.63, 3.8) is 0 Å². The Balaban J connectivity index is 1.87. The minimum atomic E-state index is -0.784. The third-order valence-electron chi connectivity index (χ3n) is 3.87. The third kappa shape index (κ3) is 3.90. The number of methoxy groups -OCH3 is 1. The molecule has 1 fully saturated rings. The van der Waals surface area contributed by atoms with Crippen LogP contribution in [0.25, 0.3) is 0 Å². The fourth-order valence-electron chi connectivity index (χ4n) is 2.50. The maximum Gasteiger partial charge on any atom is 0.306 e. The Hall–Kier alpha value is -2.24. The van der Waals surface area contributed by atoms with Gasteiger partial charge in [-0.15, -0.1) is 0 Å². The van der Waals surface area contributed by atoms with E-state index in [2.05, 4.69) is 0 Å². The molecule has 1 heterocycles. The summed E-state index contributed by atoms with van der Waals surface area (Å²) in [6, 6.07) is 5.51. The number of ether oxygens (including phenoxy) is 2. The van der Waals surface area contributed by atoms with Gasteiger partial charge in [-0.05, 0) is 37.5 Å². The molecule has 0 saturated carbocycles. The van der Waals surface area contributed by atoms with Gasteiger partial charge in [-0.25, -0.2) is 0 Å². The average molecular weight is 307 g/mol. The summed E-state index contributed by atoms with van der Waals surface area (Å²) in [5, 5.41) is 8.95. The largest absolute Gasteiger partial charge is 0.493 e. The molecule has 0 aliphatic carbocycles. The van der Waals surface area contributed by atoms with Crippen molar-refractivity contribution >= 4 is 11.9 Å². The van der Waals surface area contributed by atoms with Crippen molar-refractivity contribution in [3.8, 4) is 11.5 Å². The smallest absolute Gasteiger partial charge is 0.306 e. The van der Waals surface area contributed by atoms with Crippen LogP contribution in [0.4, 0.5) is 0 Å². The van der Waals surface area contributed by atoms with E-state index in [1.54, 1.807) is 18.1 Å². The topological polar surface area (TPSA) is 76.1 Å². The summed E-state index contributed by atoms with van der Waals surface area (Å²) in [4.78, 5) is 24.7. The first-order valence-corrected chi connectivity index (χ1v) is 7.29. The van der Waals surface area contributed by atoms with Crippen molar-refractivity contribution in [1.82, 2.24) is 4.90 Å². The first kappa shape index (κ1) is 16.1. The SMILES string of the molecule is COc1cc(C)ccc1OCC(=O)N1CCC(C(=O)O)CC1. The average Bonchev–Trinajstić information content (AvgIpc) is 2.53. The maximum atomic E-state index is 12.1. The third-order valence-corrected chi connectivity index (χ3v) is 3.87. The first-order valence-electron chi connectivity index (χ1n) is 7.29. The number of benzene rings is 1. The molecule has 0 bridgehead atoms. The molecule has 1 amide bonds. The number of carbonyl (C=O) groups excluding carboxylic acids is 1. The number of carbonyl (C=O) groups is 2. The molecule has 1 saturated heterocycles. The number of rotatable bonds is 5. The van der Waals surface area contributed by atoms with Crippen molar-refractivity contribution in [1.29, 1.82) is 0 Å². The Labute approximate surface area is 129 Å². The van der Waals surface area contributed by atoms with Gasteiger partial charge in [0.25, 0.3) is 5.91 Å². The molecule has 0 atom stereocenters. The highest BCUT2D eigenvalue weighted by Crippen LogP contribution is 2.27. The van der Waals surface area contributed by atoms with Crippen molar-refractivity contribution < 1.29 is 24.2 Å². The molecule has 1 aliphatic rings. The van der Waals surface area contributed by atoms with Gasteiger partial charge in [-0.1, -0.05) is 6.07 Å². The molecule has 0 radical (unpaired) electrons. The number of aryl methyl sites for hydroxylation is 1. The number of nitrogens with zero attached hydrogens (tertiary/aromatic N) is 1. The number of amides is 1. The van der Waals surface area contributed by atoms with E-state index in [1.807, 2.05) is 19.1 Å². The van der Waals surface area contributed by atoms with Gasteiger partial charge in [-0.2, -0.15) is 0 Å². The Morgan fingerprint density at radius 2 is 1.95 bits per heavy atom. The second-order valence-electron chi connectivity index (χ2n) is 5.44. The highest BCUT2D eigenvalue weighted by Gasteiger charge is 2.27. The summed E-state index contributed by atoms with van der Waals surface area (Å²) in [6.07, 6.45) is 0.990. The molecule has 0 aromatic heterocycles. The normalized spacial score (nSPS) is 15.5. The molecular formula is C16H21NO5. The summed E-state index contributed by atoms with van der Waals surface area (Å²) < 4.78 is 10.8. The quantitative estimate of drug-likeness (QED) is 0.896. The highest BCUT2D eigenvalue weighted by atomic mass is 16.5. The van der Waals surface area contributed by atoms with Crippen LogP contribution in [-0.2, 0) is 9.59 Å². The van der Waals surface area contributed by atoms with Gasteiger partial charge in [0.05, 0.1) is 13.0 Å². The van der Waals surface area contributed by atoms with Crippen LogP contribution < -0.4 is 9.47 Å². The van der Waals surface area contributed by atoms with Crippen LogP contribution in [0.3, 0.4) is 0 Å². The van der Waals surface area contributed by atoms with E-state index < -0.39 is 5.97 Å². The van der Waals surface area contributed by atoms with Gasteiger partial charge >= 0.3 is 5.97 Å². The molecule has 1 N–H and O–H groups in total. The maximum absolute atomic E-state index is 12.1. The van der Waals surface area contributed by atoms with Crippen LogP contribution in [-0.4, -0.2) is 48.7 Å². The van der Waals surface area contributed by atoms with E-state index in [1.165, 1.54) is 0 Å². The fourth-order valence-corrected chi connectivity index (χ4v) is 2.50. The van der Waals surface area contributed by atoms with Gasteiger partial charge in [0, 0.05) is 13.1 Å². The van der Waals surface area contributed by atoms with Crippen LogP contribution >= 0.6 is 0 Å². The lowest BCUT2D eigenvalue weighted by Crippen LogP contribution is -2.42. The van der Waals surface area contributed by atoms with Gasteiger partial charge in [0.2, 0.25) is 0 Å². The molecule has 2 rings (SSSR count). The Morgan fingerprint density at radius 1 is 1.27 bits per heavy atom. The van der Waals surface area contributed by atoms with E-state index in [-0.39, 0.29) is 18.4 Å². The predicted molar refractivity (Wildman–Crippen MR) is 80.2 cm³/mol. The lowest BCUT2D eigenvalue weighted by atomic mass is 9.97. The summed E-state index contributed by atoms with van der Waals surface area (Å²) in [6.45, 7) is 2.80. The predicted octanol–water partition coefficient (Wildman–Crippen LogP) is 1.71. The summed E-state index contributed by atoms with van der Waals surface area (Å²) in [5.41, 5.74) is 1.05. The van der Waals surface area contributed by atoms with Gasteiger partial charge in [0.15, 0.2) is 18.1 Å². The van der Waals surface area contributed by atoms with E-state index >= 15 is 0 Å². The second-order valence-corrected chi connectivity index (χ2v) is 5.44. The molecule has 1 aliphatic heterocycles. The van der Waals surface area contributed by atoms with E-state index in [0.717, 1.165) is 5.56 Å². The van der Waals surface area contributed by atoms with Crippen LogP contribution in [0.2, 0.25) is 0 Å². The monoisotopic (exact) mass is 307 g/mol. The number of hydrogen-bond acceptors (Lipinski definition) is 4. The number of carboxylic acid groups (broad SMARTS) is 1. The minimum absolute atomic E-state index is 0.0723. The molecule has 6 nitrogen and oxygen atoms in total. The molecule has 6 heteroatoms. The van der Waals surface area contributed by atoms with Gasteiger partial charge < -0.3 is 19.5 Å². The zero-order valence-corrected chi connectivity index (χ0v) is 12.9. The van der Waals surface area contributed by atoms with Crippen LogP contribution in [0, 0.1) is 12.8 Å². The number of aliphatic carboxylic acids is 1. The van der Waals surface area contributed by atoms with Gasteiger partial charge in [0.1, 0.15) is 0 Å². The van der Waals surface area contributed by atoms with E-state index in [4.69, 9.17) is 14.6 Å². The van der Waals surface area contributed by atoms with Crippen LogP contribution in [0.1, 0.15) is 18.4 Å². The standard InChI is InChI=1S/C16H21NO5/c1-11-3-4-13(14(9-11)21-2)22-10-15(18)17-7-5-12(6-8-17)16(19)20/h3-4,9,12H,5-8,10H2,1-2H3,(H,19,20). The summed E-state index contributed by atoms with van der Waals surface area (Å²) >= 11 is 0. The Kier molecular flexibility index (Phi) is 5.25. The van der Waals surface area contributed by atoms with Crippen LogP contribution in [0.15, 0.2) is 18.2 Å². The van der Waals surface area contributed by atoms with E-state index in [9.17, 15) is 9.59 Å². The highest BCUT2D eigenvalue weighted by molar-refractivity contribution is 5.78. The minimum Gasteiger partial charge on any atom is -0.493 e. The lowest BCUT2D eigenvalue weighted by molar-refractivity contribution is -0.146. The zero-order chi connectivity index (χ0) is 16.1. The number of likely N-dealkylation sites (tertiary alicyclic amines) is 1. The molecule has 1 aromatic carbocycles. The Bertz CT molecular complexity index is 549. The molecule has 22 heavy (non-hydrogen) atoms. The van der Waals surface area contributed by atoms with Gasteiger partial charge in [-0.3, -0.25) is 9.59 Å². The second kappa shape index (κ2) is 7.15. The lowest BCUT2D eigenvalue weighted by Gasteiger charge is -2.30. The van der Waals surface area contributed by atoms with E-state index in [0.29, 0.717) is 37.4 Å². The Morgan fingerprint density at radius 3 is 2.55 bits per heavy atom. The van der Waals surface area contributed by atoms with Crippen molar-refractivity contribution in [3.05, 3.63) is 23.8 Å². The molecular weight excluding hydrogens is 286 g/mol. The van der Waals surface area contributed by atoms with Crippen molar-refractivity contribution in [2.75, 3.05) is 26.8 Å². The summed E-state index contributed by atoms with van der Waals surface area (Å²) in [5.74, 6) is -0.138. The zero-order valence-electron chi connectivity index (χ0n) is 12.9. The molecule has 0 unspecified atom stereocenters. The van der Waals surface area contributed by atoms with Crippen molar-refractivity contribution in [2.45, 2.75) is 19.8 Å². The first-order chi connectivity index (χ1) is 10.5. The number of carboxylic acids is 1. The van der Waals surface area contributed by atoms with Crippen LogP contribution in [0.5, 0.6) is 11.5 Å². The molecule has 0 spiro atoms. The summed E-state index contributed by atoms with van der Waals surface area (Å²) in [7, 11) is 1.56. The number of piperidine rings is 1.